The lowest BCUT2D eigenvalue weighted by Gasteiger charge is -2.14. The zero-order chi connectivity index (χ0) is 21.3. The summed E-state index contributed by atoms with van der Waals surface area (Å²) in [6.07, 6.45) is 5.00. The van der Waals surface area contributed by atoms with E-state index in [4.69, 9.17) is 23.7 Å². The van der Waals surface area contributed by atoms with Crippen molar-refractivity contribution < 1.29 is 18.7 Å². The van der Waals surface area contributed by atoms with Crippen LogP contribution in [0, 0.1) is 12.8 Å². The molecule has 9 heteroatoms. The highest BCUT2D eigenvalue weighted by Gasteiger charge is 2.20. The van der Waals surface area contributed by atoms with Crippen molar-refractivity contribution in [3.05, 3.63) is 29.9 Å². The second-order valence-corrected chi connectivity index (χ2v) is 7.85. The fourth-order valence-electron chi connectivity index (χ4n) is 3.14. The van der Waals surface area contributed by atoms with Crippen molar-refractivity contribution in [2.75, 3.05) is 44.8 Å². The van der Waals surface area contributed by atoms with Crippen LogP contribution in [0.5, 0.6) is 11.5 Å². The molecule has 2 N–H and O–H groups in total. The molecule has 0 saturated heterocycles. The average Bonchev–Trinajstić information content (AvgIpc) is 3.54. The lowest BCUT2D eigenvalue weighted by atomic mass is 10.2. The number of aromatic nitrogens is 2. The Morgan fingerprint density at radius 3 is 2.90 bits per heavy atom. The molecule has 2 aromatic rings. The van der Waals surface area contributed by atoms with Gasteiger partial charge in [-0.15, -0.1) is 0 Å². The average molecular weight is 430 g/mol. The van der Waals surface area contributed by atoms with Crippen LogP contribution in [-0.2, 0) is 11.2 Å². The van der Waals surface area contributed by atoms with E-state index in [1.54, 1.807) is 0 Å². The molecular formula is C22H31N5O4. The Balaban J connectivity index is 1.32. The van der Waals surface area contributed by atoms with E-state index in [9.17, 15) is 0 Å². The predicted molar refractivity (Wildman–Crippen MR) is 117 cm³/mol. The van der Waals surface area contributed by atoms with Crippen molar-refractivity contribution >= 4 is 11.6 Å². The molecule has 0 amide bonds. The van der Waals surface area contributed by atoms with E-state index in [1.165, 1.54) is 12.8 Å². The lowest BCUT2D eigenvalue weighted by molar-refractivity contribution is 0.123. The molecule has 168 valence electrons. The Bertz CT molecular complexity index is 865. The number of hydrogen-bond acceptors (Lipinski definition) is 7. The van der Waals surface area contributed by atoms with E-state index in [2.05, 4.69) is 20.8 Å². The van der Waals surface area contributed by atoms with Crippen LogP contribution in [0.25, 0.3) is 0 Å². The van der Waals surface area contributed by atoms with Crippen LogP contribution < -0.4 is 20.1 Å². The summed E-state index contributed by atoms with van der Waals surface area (Å²) >= 11 is 0. The quantitative estimate of drug-likeness (QED) is 0.338. The molecule has 1 fully saturated rings. The third-order valence-electron chi connectivity index (χ3n) is 4.98. The summed E-state index contributed by atoms with van der Waals surface area (Å²) in [6, 6.07) is 5.83. The molecule has 1 aliphatic carbocycles. The van der Waals surface area contributed by atoms with Gasteiger partial charge in [-0.05, 0) is 44.2 Å². The van der Waals surface area contributed by atoms with E-state index in [0.717, 1.165) is 49.2 Å². The molecule has 9 nitrogen and oxygen atoms in total. The Labute approximate surface area is 182 Å². The first-order chi connectivity index (χ1) is 15.3. The zero-order valence-corrected chi connectivity index (χ0v) is 18.1. The summed E-state index contributed by atoms with van der Waals surface area (Å²) in [5.74, 6) is 4.24. The number of anilines is 1. The highest BCUT2D eigenvalue weighted by atomic mass is 16.5. The van der Waals surface area contributed by atoms with Gasteiger partial charge in [0.1, 0.15) is 0 Å². The molecule has 1 saturated carbocycles. The van der Waals surface area contributed by atoms with Crippen molar-refractivity contribution in [1.29, 1.82) is 0 Å². The van der Waals surface area contributed by atoms with Crippen molar-refractivity contribution in [1.82, 2.24) is 15.5 Å². The van der Waals surface area contributed by atoms with Crippen molar-refractivity contribution in [3.8, 4) is 11.5 Å². The number of guanidine groups is 1. The first-order valence-electron chi connectivity index (χ1n) is 11.1. The summed E-state index contributed by atoms with van der Waals surface area (Å²) in [5, 5.41) is 10.5. The van der Waals surface area contributed by atoms with Gasteiger partial charge in [-0.1, -0.05) is 5.16 Å². The Morgan fingerprint density at radius 2 is 2.10 bits per heavy atom. The number of benzene rings is 1. The lowest BCUT2D eigenvalue weighted by Crippen LogP contribution is -2.32. The number of aryl methyl sites for hydroxylation is 1. The Morgan fingerprint density at radius 1 is 1.23 bits per heavy atom. The van der Waals surface area contributed by atoms with Crippen LogP contribution in [0.1, 0.15) is 37.4 Å². The number of nitrogens with zero attached hydrogens (tertiary/aromatic N) is 3. The van der Waals surface area contributed by atoms with Crippen LogP contribution in [0.15, 0.2) is 27.7 Å². The third-order valence-corrected chi connectivity index (χ3v) is 4.98. The molecular weight excluding hydrogens is 398 g/mol. The maximum absolute atomic E-state index is 5.79. The molecule has 2 aliphatic rings. The van der Waals surface area contributed by atoms with Gasteiger partial charge >= 0.3 is 0 Å². The molecule has 1 aromatic carbocycles. The van der Waals surface area contributed by atoms with Crippen molar-refractivity contribution in [3.63, 3.8) is 0 Å². The van der Waals surface area contributed by atoms with Crippen LogP contribution in [-0.4, -0.2) is 55.6 Å². The summed E-state index contributed by atoms with van der Waals surface area (Å²) in [4.78, 5) is 8.93. The SMILES string of the molecule is Cc1noc(CCNC(=NCCCOCC2CC2)Nc2ccc3c(c2)OCCCO3)n1. The van der Waals surface area contributed by atoms with Crippen molar-refractivity contribution in [2.24, 2.45) is 10.9 Å². The third kappa shape index (κ3) is 7.13. The maximum Gasteiger partial charge on any atom is 0.228 e. The van der Waals surface area contributed by atoms with E-state index >= 15 is 0 Å². The molecule has 1 aliphatic heterocycles. The molecule has 0 radical (unpaired) electrons. The Kier molecular flexibility index (Phi) is 7.60. The number of nitrogens with one attached hydrogen (secondary N) is 2. The molecule has 0 bridgehead atoms. The second kappa shape index (κ2) is 11.0. The topological polar surface area (TPSA) is 103 Å². The highest BCUT2D eigenvalue weighted by Crippen LogP contribution is 2.32. The summed E-state index contributed by atoms with van der Waals surface area (Å²) < 4.78 is 22.4. The van der Waals surface area contributed by atoms with E-state index in [0.29, 0.717) is 50.4 Å². The molecule has 1 aromatic heterocycles. The second-order valence-electron chi connectivity index (χ2n) is 7.85. The van der Waals surface area contributed by atoms with E-state index in [1.807, 2.05) is 25.1 Å². The minimum atomic E-state index is 0.605. The molecule has 2 heterocycles. The fraction of sp³-hybridized carbons (Fsp3) is 0.591. The monoisotopic (exact) mass is 429 g/mol. The van der Waals surface area contributed by atoms with Crippen molar-refractivity contribution in [2.45, 2.75) is 39.0 Å². The smallest absolute Gasteiger partial charge is 0.228 e. The van der Waals surface area contributed by atoms with Crippen LogP contribution in [0.2, 0.25) is 0 Å². The molecule has 0 atom stereocenters. The zero-order valence-electron chi connectivity index (χ0n) is 18.1. The van der Waals surface area contributed by atoms with Crippen LogP contribution in [0.4, 0.5) is 5.69 Å². The first-order valence-corrected chi connectivity index (χ1v) is 11.1. The highest BCUT2D eigenvalue weighted by molar-refractivity contribution is 5.94. The predicted octanol–water partition coefficient (Wildman–Crippen LogP) is 2.96. The van der Waals surface area contributed by atoms with Gasteiger partial charge in [-0.2, -0.15) is 4.98 Å². The normalized spacial score (nSPS) is 16.1. The standard InChI is InChI=1S/C22H31N5O4/c1-16-25-21(31-27-16)8-10-24-22(23-9-2-11-28-15-17-4-5-17)26-18-6-7-19-20(14-18)30-13-3-12-29-19/h6-7,14,17H,2-5,8-13,15H2,1H3,(H2,23,24,26). The largest absolute Gasteiger partial charge is 0.490 e. The number of fused-ring (bicyclic) bond motifs is 1. The van der Waals surface area contributed by atoms with Crippen LogP contribution in [0.3, 0.4) is 0 Å². The Hall–Kier alpha value is -2.81. The minimum absolute atomic E-state index is 0.605. The molecule has 0 spiro atoms. The molecule has 4 rings (SSSR count). The number of aliphatic imine (C=N–C) groups is 1. The fourth-order valence-corrected chi connectivity index (χ4v) is 3.14. The van der Waals surface area contributed by atoms with E-state index in [-0.39, 0.29) is 0 Å². The van der Waals surface area contributed by atoms with Gasteiger partial charge in [0, 0.05) is 50.9 Å². The van der Waals surface area contributed by atoms with Gasteiger partial charge in [0.15, 0.2) is 23.3 Å². The van der Waals surface area contributed by atoms with Crippen LogP contribution >= 0.6 is 0 Å². The van der Waals surface area contributed by atoms with E-state index < -0.39 is 0 Å². The summed E-state index contributed by atoms with van der Waals surface area (Å²) in [6.45, 7) is 6.04. The van der Waals surface area contributed by atoms with Gasteiger partial charge in [0.2, 0.25) is 5.89 Å². The van der Waals surface area contributed by atoms with Gasteiger partial charge in [-0.25, -0.2) is 0 Å². The molecule has 0 unspecified atom stereocenters. The number of rotatable bonds is 10. The van der Waals surface area contributed by atoms with Gasteiger partial charge in [0.25, 0.3) is 0 Å². The van der Waals surface area contributed by atoms with Gasteiger partial charge in [-0.3, -0.25) is 4.99 Å². The van der Waals surface area contributed by atoms with Gasteiger partial charge < -0.3 is 29.4 Å². The number of hydrogen-bond donors (Lipinski definition) is 2. The summed E-state index contributed by atoms with van der Waals surface area (Å²) in [7, 11) is 0. The molecule has 31 heavy (non-hydrogen) atoms. The number of ether oxygens (including phenoxy) is 3. The van der Waals surface area contributed by atoms with Gasteiger partial charge in [0.05, 0.1) is 13.2 Å². The first kappa shape index (κ1) is 21.4. The summed E-state index contributed by atoms with van der Waals surface area (Å²) in [5.41, 5.74) is 0.883. The maximum atomic E-state index is 5.79. The minimum Gasteiger partial charge on any atom is -0.490 e.